The van der Waals surface area contributed by atoms with Crippen molar-refractivity contribution in [3.63, 3.8) is 0 Å². The van der Waals surface area contributed by atoms with E-state index in [9.17, 15) is 4.79 Å². The summed E-state index contributed by atoms with van der Waals surface area (Å²) in [6, 6.07) is 4.44. The second-order valence-corrected chi connectivity index (χ2v) is 4.86. The zero-order chi connectivity index (χ0) is 14.0. The Morgan fingerprint density at radius 1 is 1.21 bits per heavy atom. The Morgan fingerprint density at radius 2 is 1.95 bits per heavy atom. The summed E-state index contributed by atoms with van der Waals surface area (Å²) in [6.07, 6.45) is 2.97. The standard InChI is InChI=1S/C12H8Cl3N3O/c13-7-1-2-17-5-10(7)18-12(19)6-3-8(14)11(15)9(16)4-6/h1-5H,16H2,(H,18,19). The molecule has 4 nitrogen and oxygen atoms in total. The summed E-state index contributed by atoms with van der Waals surface area (Å²) in [6.45, 7) is 0. The van der Waals surface area contributed by atoms with Crippen molar-refractivity contribution < 1.29 is 4.79 Å². The highest BCUT2D eigenvalue weighted by Gasteiger charge is 2.12. The van der Waals surface area contributed by atoms with E-state index in [-0.39, 0.29) is 21.3 Å². The summed E-state index contributed by atoms with van der Waals surface area (Å²) >= 11 is 17.6. The van der Waals surface area contributed by atoms with Crippen LogP contribution in [0.15, 0.2) is 30.6 Å². The van der Waals surface area contributed by atoms with E-state index in [4.69, 9.17) is 40.5 Å². The molecule has 2 aromatic rings. The van der Waals surface area contributed by atoms with Gasteiger partial charge < -0.3 is 11.1 Å². The molecule has 1 aromatic carbocycles. The molecule has 0 aliphatic heterocycles. The number of hydrogen-bond donors (Lipinski definition) is 2. The number of nitrogen functional groups attached to an aromatic ring is 1. The van der Waals surface area contributed by atoms with E-state index >= 15 is 0 Å². The van der Waals surface area contributed by atoms with Crippen molar-refractivity contribution in [3.05, 3.63) is 51.2 Å². The van der Waals surface area contributed by atoms with Gasteiger partial charge in [-0.2, -0.15) is 0 Å². The lowest BCUT2D eigenvalue weighted by molar-refractivity contribution is 0.102. The molecule has 0 atom stereocenters. The number of benzene rings is 1. The number of halogens is 3. The molecule has 0 unspecified atom stereocenters. The van der Waals surface area contributed by atoms with Gasteiger partial charge in [0, 0.05) is 11.8 Å². The SMILES string of the molecule is Nc1cc(C(=O)Nc2cnccc2Cl)cc(Cl)c1Cl. The molecule has 19 heavy (non-hydrogen) atoms. The van der Waals surface area contributed by atoms with Crippen LogP contribution >= 0.6 is 34.8 Å². The number of anilines is 2. The Morgan fingerprint density at radius 3 is 2.58 bits per heavy atom. The molecule has 1 aromatic heterocycles. The van der Waals surface area contributed by atoms with Gasteiger partial charge in [-0.3, -0.25) is 9.78 Å². The van der Waals surface area contributed by atoms with Crippen molar-refractivity contribution in [2.45, 2.75) is 0 Å². The minimum absolute atomic E-state index is 0.212. The van der Waals surface area contributed by atoms with Crippen LogP contribution in [0.4, 0.5) is 11.4 Å². The van der Waals surface area contributed by atoms with Gasteiger partial charge in [-0.1, -0.05) is 34.8 Å². The third-order valence-electron chi connectivity index (χ3n) is 2.33. The van der Waals surface area contributed by atoms with Gasteiger partial charge in [0.25, 0.3) is 5.91 Å². The minimum atomic E-state index is -0.403. The minimum Gasteiger partial charge on any atom is -0.397 e. The van der Waals surface area contributed by atoms with Crippen molar-refractivity contribution in [2.24, 2.45) is 0 Å². The van der Waals surface area contributed by atoms with Crippen molar-refractivity contribution in [1.29, 1.82) is 0 Å². The Bertz CT molecular complexity index is 623. The van der Waals surface area contributed by atoms with Gasteiger partial charge in [-0.15, -0.1) is 0 Å². The topological polar surface area (TPSA) is 68.0 Å². The van der Waals surface area contributed by atoms with E-state index in [1.165, 1.54) is 24.5 Å². The van der Waals surface area contributed by atoms with Gasteiger partial charge in [-0.25, -0.2) is 0 Å². The maximum atomic E-state index is 12.0. The zero-order valence-corrected chi connectivity index (χ0v) is 11.7. The van der Waals surface area contributed by atoms with E-state index < -0.39 is 5.91 Å². The first-order chi connectivity index (χ1) is 8.99. The van der Waals surface area contributed by atoms with Crippen LogP contribution in [-0.4, -0.2) is 10.9 Å². The molecule has 0 spiro atoms. The molecule has 0 aliphatic carbocycles. The van der Waals surface area contributed by atoms with E-state index in [0.29, 0.717) is 10.7 Å². The number of nitrogens with one attached hydrogen (secondary N) is 1. The molecule has 0 saturated heterocycles. The van der Waals surface area contributed by atoms with Gasteiger partial charge in [0.1, 0.15) is 0 Å². The van der Waals surface area contributed by atoms with E-state index in [1.807, 2.05) is 0 Å². The molecule has 98 valence electrons. The highest BCUT2D eigenvalue weighted by molar-refractivity contribution is 6.44. The average Bonchev–Trinajstić information content (AvgIpc) is 2.38. The molecule has 0 radical (unpaired) electrons. The fourth-order valence-electron chi connectivity index (χ4n) is 1.41. The summed E-state index contributed by atoms with van der Waals surface area (Å²) < 4.78 is 0. The van der Waals surface area contributed by atoms with Crippen molar-refractivity contribution >= 4 is 52.1 Å². The maximum absolute atomic E-state index is 12.0. The van der Waals surface area contributed by atoms with Crippen LogP contribution in [0.2, 0.25) is 15.1 Å². The third-order valence-corrected chi connectivity index (χ3v) is 3.48. The van der Waals surface area contributed by atoms with Crippen LogP contribution < -0.4 is 11.1 Å². The van der Waals surface area contributed by atoms with Crippen molar-refractivity contribution in [1.82, 2.24) is 4.98 Å². The number of aromatic nitrogens is 1. The summed E-state index contributed by atoms with van der Waals surface area (Å²) in [5.41, 5.74) is 6.57. The summed E-state index contributed by atoms with van der Waals surface area (Å²) in [5.74, 6) is -0.403. The Labute approximate surface area is 124 Å². The van der Waals surface area contributed by atoms with E-state index in [1.54, 1.807) is 6.07 Å². The highest BCUT2D eigenvalue weighted by Crippen LogP contribution is 2.30. The van der Waals surface area contributed by atoms with Crippen LogP contribution in [0.5, 0.6) is 0 Å². The molecule has 2 rings (SSSR count). The van der Waals surface area contributed by atoms with Gasteiger partial charge in [0.2, 0.25) is 0 Å². The van der Waals surface area contributed by atoms with Crippen LogP contribution in [0.3, 0.4) is 0 Å². The summed E-state index contributed by atoms with van der Waals surface area (Å²) in [4.78, 5) is 15.9. The summed E-state index contributed by atoms with van der Waals surface area (Å²) in [5, 5.41) is 3.43. The van der Waals surface area contributed by atoms with Crippen molar-refractivity contribution in [3.8, 4) is 0 Å². The van der Waals surface area contributed by atoms with Gasteiger partial charge in [-0.05, 0) is 18.2 Å². The summed E-state index contributed by atoms with van der Waals surface area (Å²) in [7, 11) is 0. The lowest BCUT2D eigenvalue weighted by atomic mass is 10.2. The lowest BCUT2D eigenvalue weighted by Gasteiger charge is -2.08. The predicted octanol–water partition coefficient (Wildman–Crippen LogP) is 3.88. The van der Waals surface area contributed by atoms with Crippen molar-refractivity contribution in [2.75, 3.05) is 11.1 Å². The number of rotatable bonds is 2. The number of hydrogen-bond acceptors (Lipinski definition) is 3. The average molecular weight is 317 g/mol. The van der Waals surface area contributed by atoms with Crippen LogP contribution in [0, 0.1) is 0 Å². The van der Waals surface area contributed by atoms with Gasteiger partial charge in [0.15, 0.2) is 0 Å². The molecular formula is C12H8Cl3N3O. The smallest absolute Gasteiger partial charge is 0.255 e. The lowest BCUT2D eigenvalue weighted by Crippen LogP contribution is -2.13. The normalized spacial score (nSPS) is 10.3. The molecule has 0 aliphatic rings. The second-order valence-electron chi connectivity index (χ2n) is 3.67. The van der Waals surface area contributed by atoms with Crippen LogP contribution in [-0.2, 0) is 0 Å². The highest BCUT2D eigenvalue weighted by atomic mass is 35.5. The van der Waals surface area contributed by atoms with E-state index in [2.05, 4.69) is 10.3 Å². The number of amides is 1. The molecule has 7 heteroatoms. The number of carbonyl (C=O) groups is 1. The molecule has 0 saturated carbocycles. The Hall–Kier alpha value is -1.49. The first-order valence-electron chi connectivity index (χ1n) is 5.14. The molecular weight excluding hydrogens is 309 g/mol. The first-order valence-corrected chi connectivity index (χ1v) is 6.28. The number of nitrogens with zero attached hydrogens (tertiary/aromatic N) is 1. The molecule has 1 amide bonds. The predicted molar refractivity (Wildman–Crippen MR) is 78.1 cm³/mol. The molecule has 3 N–H and O–H groups in total. The number of pyridine rings is 1. The maximum Gasteiger partial charge on any atom is 0.255 e. The molecule has 0 fully saturated rings. The van der Waals surface area contributed by atoms with Gasteiger partial charge in [0.05, 0.1) is 32.6 Å². The zero-order valence-electron chi connectivity index (χ0n) is 9.45. The molecule has 0 bridgehead atoms. The monoisotopic (exact) mass is 315 g/mol. The first kappa shape index (κ1) is 13.9. The fraction of sp³-hybridized carbons (Fsp3) is 0. The Kier molecular flexibility index (Phi) is 4.14. The second kappa shape index (κ2) is 5.65. The largest absolute Gasteiger partial charge is 0.397 e. The number of carbonyl (C=O) groups excluding carboxylic acids is 1. The molecule has 1 heterocycles. The quantitative estimate of drug-likeness (QED) is 0.826. The fourth-order valence-corrected chi connectivity index (χ4v) is 1.89. The third kappa shape index (κ3) is 3.10. The number of nitrogens with two attached hydrogens (primary N) is 1. The van der Waals surface area contributed by atoms with Crippen LogP contribution in [0.1, 0.15) is 10.4 Å². The van der Waals surface area contributed by atoms with Gasteiger partial charge >= 0.3 is 0 Å². The van der Waals surface area contributed by atoms with Crippen LogP contribution in [0.25, 0.3) is 0 Å². The van der Waals surface area contributed by atoms with E-state index in [0.717, 1.165) is 0 Å². The Balaban J connectivity index is 2.28.